The normalized spacial score (nSPS) is 14.8. The molecule has 0 aliphatic carbocycles. The molecule has 0 saturated carbocycles. The van der Waals surface area contributed by atoms with E-state index in [0.29, 0.717) is 28.8 Å². The molecule has 10 heteroatoms. The molecule has 0 atom stereocenters. The van der Waals surface area contributed by atoms with Crippen molar-refractivity contribution in [2.24, 2.45) is 7.05 Å². The number of fused-ring (bicyclic) bond motifs is 1. The number of hydrogen-bond donors (Lipinski definition) is 2. The van der Waals surface area contributed by atoms with Gasteiger partial charge in [-0.15, -0.1) is 0 Å². The minimum absolute atomic E-state index is 0.318. The van der Waals surface area contributed by atoms with E-state index in [-0.39, 0.29) is 0 Å². The van der Waals surface area contributed by atoms with Crippen LogP contribution in [0.1, 0.15) is 19.4 Å². The molecular formula is C28H35N7O2S. The fraction of sp³-hybridized carbons (Fsp3) is 0.357. The Labute approximate surface area is 224 Å². The summed E-state index contributed by atoms with van der Waals surface area (Å²) >= 11 is 0. The predicted octanol–water partition coefficient (Wildman–Crippen LogP) is 4.26. The maximum atomic E-state index is 12.9. The number of hydrogen-bond acceptors (Lipinski definition) is 8. The van der Waals surface area contributed by atoms with Crippen molar-refractivity contribution < 1.29 is 8.42 Å². The van der Waals surface area contributed by atoms with Crippen molar-refractivity contribution in [2.45, 2.75) is 30.5 Å². The van der Waals surface area contributed by atoms with Crippen molar-refractivity contribution >= 4 is 44.0 Å². The molecule has 1 saturated heterocycles. The second-order valence-corrected chi connectivity index (χ2v) is 12.5. The van der Waals surface area contributed by atoms with Crippen molar-refractivity contribution in [1.82, 2.24) is 19.4 Å². The second kappa shape index (κ2) is 10.6. The average molecular weight is 534 g/mol. The molecule has 0 spiro atoms. The number of benzene rings is 2. The Morgan fingerprint density at radius 2 is 1.63 bits per heavy atom. The topological polar surface area (TPSA) is 95.4 Å². The van der Waals surface area contributed by atoms with Crippen LogP contribution in [0.4, 0.5) is 23.1 Å². The van der Waals surface area contributed by atoms with E-state index < -0.39 is 15.1 Å². The molecule has 0 unspecified atom stereocenters. The maximum absolute atomic E-state index is 12.9. The molecule has 4 aromatic rings. The lowest BCUT2D eigenvalue weighted by atomic mass is 10.2. The zero-order valence-corrected chi connectivity index (χ0v) is 23.2. The van der Waals surface area contributed by atoms with Crippen LogP contribution in [-0.4, -0.2) is 66.3 Å². The fourth-order valence-electron chi connectivity index (χ4n) is 4.68. The molecule has 200 valence electrons. The molecular weight excluding hydrogens is 498 g/mol. The smallest absolute Gasteiger partial charge is 0.229 e. The summed E-state index contributed by atoms with van der Waals surface area (Å²) in [6.45, 7) is 7.89. The summed E-state index contributed by atoms with van der Waals surface area (Å²) in [7, 11) is 0.687. The zero-order chi connectivity index (χ0) is 26.9. The lowest BCUT2D eigenvalue weighted by Gasteiger charge is -2.34. The third kappa shape index (κ3) is 5.32. The zero-order valence-electron chi connectivity index (χ0n) is 22.3. The Morgan fingerprint density at radius 1 is 0.921 bits per heavy atom. The van der Waals surface area contributed by atoms with Crippen LogP contribution in [0, 0.1) is 0 Å². The van der Waals surface area contributed by atoms with Crippen LogP contribution in [0.2, 0.25) is 0 Å². The first kappa shape index (κ1) is 26.0. The van der Waals surface area contributed by atoms with Crippen LogP contribution in [-0.2, 0) is 23.4 Å². The molecule has 1 fully saturated rings. The van der Waals surface area contributed by atoms with Crippen LogP contribution < -0.4 is 15.5 Å². The van der Waals surface area contributed by atoms with Gasteiger partial charge in [-0.3, -0.25) is 0 Å². The van der Waals surface area contributed by atoms with Crippen LogP contribution in [0.5, 0.6) is 0 Å². The van der Waals surface area contributed by atoms with E-state index in [4.69, 9.17) is 9.97 Å². The van der Waals surface area contributed by atoms with Gasteiger partial charge in [-0.05, 0) is 62.9 Å². The van der Waals surface area contributed by atoms with Gasteiger partial charge in [-0.2, -0.15) is 4.98 Å². The summed E-state index contributed by atoms with van der Waals surface area (Å²) in [5, 5.41) is 6.22. The van der Waals surface area contributed by atoms with Gasteiger partial charge in [-0.1, -0.05) is 18.2 Å². The summed E-state index contributed by atoms with van der Waals surface area (Å²) in [6.07, 6.45) is 1.94. The number of rotatable bonds is 8. The Hall–Kier alpha value is -3.63. The Balaban J connectivity index is 1.38. The van der Waals surface area contributed by atoms with Gasteiger partial charge in [0.1, 0.15) is 5.52 Å². The molecule has 9 nitrogen and oxygen atoms in total. The van der Waals surface area contributed by atoms with E-state index in [1.165, 1.54) is 5.69 Å². The maximum Gasteiger partial charge on any atom is 0.229 e. The van der Waals surface area contributed by atoms with Crippen LogP contribution in [0.25, 0.3) is 11.0 Å². The van der Waals surface area contributed by atoms with Gasteiger partial charge in [0.25, 0.3) is 0 Å². The molecule has 2 aromatic carbocycles. The highest BCUT2D eigenvalue weighted by Gasteiger charge is 2.22. The molecule has 3 heterocycles. The molecule has 5 rings (SSSR count). The minimum atomic E-state index is -3.41. The van der Waals surface area contributed by atoms with Gasteiger partial charge in [0.2, 0.25) is 5.95 Å². The van der Waals surface area contributed by atoms with Gasteiger partial charge in [0.05, 0.1) is 15.7 Å². The van der Waals surface area contributed by atoms with E-state index in [0.717, 1.165) is 42.9 Å². The number of aryl methyl sites for hydroxylation is 1. The molecule has 0 amide bonds. The van der Waals surface area contributed by atoms with Crippen LogP contribution in [0.15, 0.2) is 65.7 Å². The molecule has 2 N–H and O–H groups in total. The predicted molar refractivity (Wildman–Crippen MR) is 154 cm³/mol. The van der Waals surface area contributed by atoms with Crippen molar-refractivity contribution in [1.29, 1.82) is 0 Å². The van der Waals surface area contributed by atoms with Crippen LogP contribution >= 0.6 is 0 Å². The van der Waals surface area contributed by atoms with Crippen molar-refractivity contribution in [3.05, 3.63) is 66.4 Å². The molecule has 2 aromatic heterocycles. The van der Waals surface area contributed by atoms with E-state index in [2.05, 4.69) is 39.6 Å². The first-order valence-corrected chi connectivity index (χ1v) is 14.5. The third-order valence-corrected chi connectivity index (χ3v) is 9.31. The van der Waals surface area contributed by atoms with Crippen LogP contribution in [0.3, 0.4) is 0 Å². The SMILES string of the molecule is CC(C)S(=O)(=O)c1ccccc1CNc1nc(Nc2ccc(N3CCN(C)CC3)cc2)nc2ccn(C)c12. The first-order chi connectivity index (χ1) is 18.2. The molecule has 1 aliphatic heterocycles. The van der Waals surface area contributed by atoms with E-state index in [9.17, 15) is 8.42 Å². The van der Waals surface area contributed by atoms with E-state index in [1.807, 2.05) is 48.1 Å². The summed E-state index contributed by atoms with van der Waals surface area (Å²) in [5.74, 6) is 1.11. The standard InChI is InChI=1S/C28H35N7O2S/c1-20(2)38(36,37)25-8-6-5-7-21(25)19-29-27-26-24(13-14-34(26)4)31-28(32-27)30-22-9-11-23(12-10-22)35-17-15-33(3)16-18-35/h5-14,20H,15-19H2,1-4H3,(H2,29,30,31,32). The summed E-state index contributed by atoms with van der Waals surface area (Å²) in [5.41, 5.74) is 4.46. The average Bonchev–Trinajstić information content (AvgIpc) is 3.29. The molecule has 0 radical (unpaired) electrons. The quantitative estimate of drug-likeness (QED) is 0.347. The largest absolute Gasteiger partial charge is 0.369 e. The number of likely N-dealkylation sites (N-methyl/N-ethyl adjacent to an activating group) is 1. The lowest BCUT2D eigenvalue weighted by molar-refractivity contribution is 0.313. The molecule has 0 bridgehead atoms. The number of aromatic nitrogens is 3. The Kier molecular flexibility index (Phi) is 7.27. The minimum Gasteiger partial charge on any atom is -0.369 e. The summed E-state index contributed by atoms with van der Waals surface area (Å²) < 4.78 is 27.8. The Bertz CT molecular complexity index is 1520. The van der Waals surface area contributed by atoms with Gasteiger partial charge in [-0.25, -0.2) is 13.4 Å². The number of sulfone groups is 1. The highest BCUT2D eigenvalue weighted by atomic mass is 32.2. The monoisotopic (exact) mass is 533 g/mol. The van der Waals surface area contributed by atoms with Gasteiger partial charge < -0.3 is 25.0 Å². The van der Waals surface area contributed by atoms with Crippen molar-refractivity contribution in [3.8, 4) is 0 Å². The van der Waals surface area contributed by atoms with Gasteiger partial charge in [0, 0.05) is 57.3 Å². The van der Waals surface area contributed by atoms with Crippen molar-refractivity contribution in [2.75, 3.05) is 48.8 Å². The summed E-state index contributed by atoms with van der Waals surface area (Å²) in [6, 6.07) is 17.4. The second-order valence-electron chi connectivity index (χ2n) is 10.1. The fourth-order valence-corrected chi connectivity index (χ4v) is 5.96. The van der Waals surface area contributed by atoms with Gasteiger partial charge >= 0.3 is 0 Å². The number of nitrogens with one attached hydrogen (secondary N) is 2. The van der Waals surface area contributed by atoms with Gasteiger partial charge in [0.15, 0.2) is 15.7 Å². The number of piperazine rings is 1. The Morgan fingerprint density at radius 3 is 2.34 bits per heavy atom. The third-order valence-electron chi connectivity index (χ3n) is 7.06. The van der Waals surface area contributed by atoms with E-state index >= 15 is 0 Å². The molecule has 1 aliphatic rings. The highest BCUT2D eigenvalue weighted by molar-refractivity contribution is 7.92. The molecule has 38 heavy (non-hydrogen) atoms. The number of nitrogens with zero attached hydrogens (tertiary/aromatic N) is 5. The lowest BCUT2D eigenvalue weighted by Crippen LogP contribution is -2.44. The first-order valence-electron chi connectivity index (χ1n) is 12.9. The number of anilines is 4. The van der Waals surface area contributed by atoms with Crippen molar-refractivity contribution in [3.63, 3.8) is 0 Å². The van der Waals surface area contributed by atoms with E-state index in [1.54, 1.807) is 26.0 Å². The highest BCUT2D eigenvalue weighted by Crippen LogP contribution is 2.27. The summed E-state index contributed by atoms with van der Waals surface area (Å²) in [4.78, 5) is 14.6.